The molecule has 0 bridgehead atoms. The van der Waals surface area contributed by atoms with E-state index in [2.05, 4.69) is 53.8 Å². The van der Waals surface area contributed by atoms with Gasteiger partial charge in [0, 0.05) is 12.1 Å². The topological polar surface area (TPSA) is 12.0 Å². The third-order valence-corrected chi connectivity index (χ3v) is 6.28. The Bertz CT molecular complexity index is 294. The van der Waals surface area contributed by atoms with Crippen molar-refractivity contribution >= 4 is 0 Å². The zero-order valence-electron chi connectivity index (χ0n) is 13.6. The van der Waals surface area contributed by atoms with Crippen LogP contribution in [0.4, 0.5) is 0 Å². The fourth-order valence-corrected chi connectivity index (χ4v) is 4.19. The minimum Gasteiger partial charge on any atom is -0.310 e. The summed E-state index contributed by atoms with van der Waals surface area (Å²) in [6.45, 7) is 16.9. The van der Waals surface area contributed by atoms with Crippen LogP contribution in [0.5, 0.6) is 0 Å². The Morgan fingerprint density at radius 2 is 1.39 bits per heavy atom. The molecule has 2 rings (SSSR count). The van der Waals surface area contributed by atoms with Crippen LogP contribution in [0.2, 0.25) is 0 Å². The van der Waals surface area contributed by atoms with E-state index in [-0.39, 0.29) is 0 Å². The first kappa shape index (κ1) is 14.4. The van der Waals surface area contributed by atoms with Crippen LogP contribution in [0.1, 0.15) is 74.1 Å². The number of nitrogens with one attached hydrogen (secondary N) is 1. The third kappa shape index (κ3) is 2.24. The highest BCUT2D eigenvalue weighted by atomic mass is 15.1. The zero-order chi connectivity index (χ0) is 13.8. The Morgan fingerprint density at radius 3 is 1.83 bits per heavy atom. The molecule has 1 N–H and O–H groups in total. The van der Waals surface area contributed by atoms with Crippen molar-refractivity contribution in [1.29, 1.82) is 0 Å². The van der Waals surface area contributed by atoms with E-state index in [9.17, 15) is 0 Å². The summed E-state index contributed by atoms with van der Waals surface area (Å²) in [4.78, 5) is 0. The molecule has 0 aromatic carbocycles. The largest absolute Gasteiger partial charge is 0.310 e. The Balaban J connectivity index is 2.04. The van der Waals surface area contributed by atoms with Gasteiger partial charge in [-0.25, -0.2) is 0 Å². The Morgan fingerprint density at radius 1 is 0.889 bits per heavy atom. The van der Waals surface area contributed by atoms with Gasteiger partial charge in [0.25, 0.3) is 0 Å². The van der Waals surface area contributed by atoms with Crippen molar-refractivity contribution in [1.82, 2.24) is 5.32 Å². The van der Waals surface area contributed by atoms with Crippen LogP contribution in [-0.4, -0.2) is 12.1 Å². The molecule has 0 radical (unpaired) electrons. The summed E-state index contributed by atoms with van der Waals surface area (Å²) in [5.74, 6) is 0.846. The highest BCUT2D eigenvalue weighted by Crippen LogP contribution is 2.63. The standard InChI is InChI=1S/C17H33N/c1-15(2,3)12-10-8-9-11-13(12)18-14-16(4,5)17(14,6)7/h12-14,18H,8-11H2,1-7H3. The zero-order valence-corrected chi connectivity index (χ0v) is 13.6. The predicted molar refractivity (Wildman–Crippen MR) is 79.7 cm³/mol. The van der Waals surface area contributed by atoms with Crippen molar-refractivity contribution < 1.29 is 0 Å². The summed E-state index contributed by atoms with van der Waals surface area (Å²) in [6, 6.07) is 1.45. The van der Waals surface area contributed by atoms with E-state index in [1.165, 1.54) is 25.7 Å². The molecule has 1 heteroatoms. The van der Waals surface area contributed by atoms with Gasteiger partial charge in [-0.1, -0.05) is 61.3 Å². The molecule has 0 heterocycles. The van der Waals surface area contributed by atoms with Crippen molar-refractivity contribution in [3.63, 3.8) is 0 Å². The van der Waals surface area contributed by atoms with E-state index in [4.69, 9.17) is 0 Å². The van der Waals surface area contributed by atoms with Gasteiger partial charge < -0.3 is 5.32 Å². The highest BCUT2D eigenvalue weighted by molar-refractivity contribution is 5.18. The van der Waals surface area contributed by atoms with E-state index >= 15 is 0 Å². The first-order valence-corrected chi connectivity index (χ1v) is 7.84. The molecule has 0 aromatic heterocycles. The van der Waals surface area contributed by atoms with Gasteiger partial charge in [-0.15, -0.1) is 0 Å². The second-order valence-corrected chi connectivity index (χ2v) is 8.91. The molecule has 2 fully saturated rings. The second-order valence-electron chi connectivity index (χ2n) is 8.91. The van der Waals surface area contributed by atoms with E-state index in [0.29, 0.717) is 22.3 Å². The highest BCUT2D eigenvalue weighted by Gasteiger charge is 2.65. The number of rotatable bonds is 2. The lowest BCUT2D eigenvalue weighted by Gasteiger charge is -2.41. The first-order chi connectivity index (χ1) is 8.08. The van der Waals surface area contributed by atoms with Gasteiger partial charge in [-0.2, -0.15) is 0 Å². The van der Waals surface area contributed by atoms with Crippen LogP contribution in [0, 0.1) is 22.2 Å². The number of hydrogen-bond acceptors (Lipinski definition) is 1. The normalized spacial score (nSPS) is 35.5. The lowest BCUT2D eigenvalue weighted by molar-refractivity contribution is 0.126. The summed E-state index contributed by atoms with van der Waals surface area (Å²) in [5, 5.41) is 4.03. The van der Waals surface area contributed by atoms with E-state index in [0.717, 1.165) is 12.0 Å². The fourth-order valence-electron chi connectivity index (χ4n) is 4.19. The van der Waals surface area contributed by atoms with Gasteiger partial charge in [0.2, 0.25) is 0 Å². The molecule has 2 aliphatic rings. The summed E-state index contributed by atoms with van der Waals surface area (Å²) in [6.07, 6.45) is 5.63. The Kier molecular flexibility index (Phi) is 3.38. The molecule has 0 saturated heterocycles. The second kappa shape index (κ2) is 4.23. The summed E-state index contributed by atoms with van der Waals surface area (Å²) >= 11 is 0. The van der Waals surface area contributed by atoms with Gasteiger partial charge in [0.05, 0.1) is 0 Å². The lowest BCUT2D eigenvalue weighted by atomic mass is 9.69. The van der Waals surface area contributed by atoms with Crippen molar-refractivity contribution in [3.05, 3.63) is 0 Å². The molecule has 1 nitrogen and oxygen atoms in total. The minimum absolute atomic E-state index is 0.446. The predicted octanol–water partition coefficient (Wildman–Crippen LogP) is 4.62. The van der Waals surface area contributed by atoms with E-state index < -0.39 is 0 Å². The number of hydrogen-bond donors (Lipinski definition) is 1. The van der Waals surface area contributed by atoms with E-state index in [1.807, 2.05) is 0 Å². The van der Waals surface area contributed by atoms with Crippen LogP contribution in [0.3, 0.4) is 0 Å². The Labute approximate surface area is 114 Å². The van der Waals surface area contributed by atoms with Crippen LogP contribution in [0.15, 0.2) is 0 Å². The summed E-state index contributed by atoms with van der Waals surface area (Å²) in [7, 11) is 0. The van der Waals surface area contributed by atoms with Crippen molar-refractivity contribution in [2.24, 2.45) is 22.2 Å². The van der Waals surface area contributed by atoms with Gasteiger partial charge in [0.15, 0.2) is 0 Å². The van der Waals surface area contributed by atoms with Gasteiger partial charge in [-0.05, 0) is 35.0 Å². The monoisotopic (exact) mass is 251 g/mol. The average Bonchev–Trinajstić information content (AvgIpc) is 2.60. The maximum Gasteiger partial charge on any atom is 0.0183 e. The van der Waals surface area contributed by atoms with Crippen molar-refractivity contribution in [3.8, 4) is 0 Å². The fraction of sp³-hybridized carbons (Fsp3) is 1.00. The molecule has 0 spiro atoms. The van der Waals surface area contributed by atoms with Gasteiger partial charge in [-0.3, -0.25) is 0 Å². The molecule has 106 valence electrons. The Hall–Kier alpha value is -0.0400. The molecule has 0 aliphatic heterocycles. The molecule has 0 amide bonds. The summed E-state index contributed by atoms with van der Waals surface area (Å²) in [5.41, 5.74) is 1.38. The maximum atomic E-state index is 4.03. The molecule has 2 aliphatic carbocycles. The molecule has 2 saturated carbocycles. The van der Waals surface area contributed by atoms with Gasteiger partial charge >= 0.3 is 0 Å². The molecular formula is C17H33N. The minimum atomic E-state index is 0.446. The smallest absolute Gasteiger partial charge is 0.0183 e. The lowest BCUT2D eigenvalue weighted by Crippen LogP contribution is -2.46. The summed E-state index contributed by atoms with van der Waals surface area (Å²) < 4.78 is 0. The molecular weight excluding hydrogens is 218 g/mol. The molecule has 18 heavy (non-hydrogen) atoms. The average molecular weight is 251 g/mol. The van der Waals surface area contributed by atoms with Gasteiger partial charge in [0.1, 0.15) is 0 Å². The van der Waals surface area contributed by atoms with Crippen LogP contribution in [0.25, 0.3) is 0 Å². The van der Waals surface area contributed by atoms with Crippen LogP contribution >= 0.6 is 0 Å². The molecule has 2 atom stereocenters. The van der Waals surface area contributed by atoms with Crippen LogP contribution in [-0.2, 0) is 0 Å². The first-order valence-electron chi connectivity index (χ1n) is 7.84. The van der Waals surface area contributed by atoms with Crippen molar-refractivity contribution in [2.75, 3.05) is 0 Å². The molecule has 0 aromatic rings. The molecule has 2 unspecified atom stereocenters. The quantitative estimate of drug-likeness (QED) is 0.755. The maximum absolute atomic E-state index is 4.03. The third-order valence-electron chi connectivity index (χ3n) is 6.28. The van der Waals surface area contributed by atoms with Crippen LogP contribution < -0.4 is 5.32 Å². The van der Waals surface area contributed by atoms with E-state index in [1.54, 1.807) is 0 Å². The SMILES string of the molecule is CC(C)(C)C1CCCCC1NC1C(C)(C)C1(C)C. The van der Waals surface area contributed by atoms with Crippen molar-refractivity contribution in [2.45, 2.75) is 86.2 Å².